The predicted octanol–water partition coefficient (Wildman–Crippen LogP) is 1.46. The van der Waals surface area contributed by atoms with Gasteiger partial charge in [0.2, 0.25) is 0 Å². The smallest absolute Gasteiger partial charge is 0.259 e. The van der Waals surface area contributed by atoms with Crippen molar-refractivity contribution in [1.29, 1.82) is 0 Å². The zero-order chi connectivity index (χ0) is 11.8. The first-order valence-corrected chi connectivity index (χ1v) is 4.71. The Morgan fingerprint density at radius 1 is 1.38 bits per heavy atom. The van der Waals surface area contributed by atoms with E-state index in [9.17, 15) is 4.39 Å². The standard InChI is InChI=1S/C10H11FN4O/c1-10(2,12)9-14-8(16-15-9)6-3-7(11)5-13-4-6/h3-5H,12H2,1-2H3. The Balaban J connectivity index is 2.39. The lowest BCUT2D eigenvalue weighted by molar-refractivity contribution is 0.397. The van der Waals surface area contributed by atoms with Crippen LogP contribution in [0.1, 0.15) is 19.7 Å². The SMILES string of the molecule is CC(C)(N)c1noc(-c2cncc(F)c2)n1. The number of halogens is 1. The van der Waals surface area contributed by atoms with Crippen molar-refractivity contribution in [2.24, 2.45) is 5.73 Å². The predicted molar refractivity (Wildman–Crippen MR) is 54.7 cm³/mol. The fraction of sp³-hybridized carbons (Fsp3) is 0.300. The Hall–Kier alpha value is -1.82. The van der Waals surface area contributed by atoms with Crippen LogP contribution in [0.5, 0.6) is 0 Å². The first-order chi connectivity index (χ1) is 7.47. The van der Waals surface area contributed by atoms with Crippen LogP contribution in [0.15, 0.2) is 23.0 Å². The van der Waals surface area contributed by atoms with Gasteiger partial charge in [-0.2, -0.15) is 4.98 Å². The summed E-state index contributed by atoms with van der Waals surface area (Å²) in [6.45, 7) is 3.51. The van der Waals surface area contributed by atoms with E-state index in [1.807, 2.05) is 0 Å². The molecule has 0 saturated heterocycles. The average Bonchev–Trinajstić information content (AvgIpc) is 2.65. The van der Waals surface area contributed by atoms with Crippen LogP contribution in [-0.2, 0) is 5.54 Å². The van der Waals surface area contributed by atoms with Gasteiger partial charge in [-0.25, -0.2) is 4.39 Å². The minimum absolute atomic E-state index is 0.209. The maximum Gasteiger partial charge on any atom is 0.259 e. The first-order valence-electron chi connectivity index (χ1n) is 4.71. The molecule has 2 aromatic rings. The van der Waals surface area contributed by atoms with Gasteiger partial charge in [-0.3, -0.25) is 4.98 Å². The van der Waals surface area contributed by atoms with Crippen molar-refractivity contribution in [1.82, 2.24) is 15.1 Å². The average molecular weight is 222 g/mol. The third kappa shape index (κ3) is 2.06. The Kier molecular flexibility index (Phi) is 2.43. The lowest BCUT2D eigenvalue weighted by Gasteiger charge is -2.11. The fourth-order valence-electron chi connectivity index (χ4n) is 1.13. The molecule has 0 aliphatic carbocycles. The molecule has 0 aliphatic rings. The first kappa shape index (κ1) is 10.7. The molecule has 6 heteroatoms. The van der Waals surface area contributed by atoms with E-state index >= 15 is 0 Å². The van der Waals surface area contributed by atoms with Gasteiger partial charge in [0.15, 0.2) is 5.82 Å². The van der Waals surface area contributed by atoms with Crippen LogP contribution in [0.4, 0.5) is 4.39 Å². The molecule has 0 spiro atoms. The molecule has 0 radical (unpaired) electrons. The Bertz CT molecular complexity index is 504. The highest BCUT2D eigenvalue weighted by atomic mass is 19.1. The Morgan fingerprint density at radius 2 is 2.12 bits per heavy atom. The fourth-order valence-corrected chi connectivity index (χ4v) is 1.13. The number of pyridine rings is 1. The zero-order valence-electron chi connectivity index (χ0n) is 8.94. The van der Waals surface area contributed by atoms with Gasteiger partial charge in [0, 0.05) is 6.20 Å². The molecule has 2 heterocycles. The number of aromatic nitrogens is 3. The summed E-state index contributed by atoms with van der Waals surface area (Å²) in [5, 5.41) is 3.73. The van der Waals surface area contributed by atoms with Gasteiger partial charge in [-0.1, -0.05) is 5.16 Å². The molecule has 2 N–H and O–H groups in total. The van der Waals surface area contributed by atoms with Crippen LogP contribution in [0.3, 0.4) is 0 Å². The molecule has 5 nitrogen and oxygen atoms in total. The van der Waals surface area contributed by atoms with E-state index in [2.05, 4.69) is 15.1 Å². The lowest BCUT2D eigenvalue weighted by atomic mass is 10.1. The number of nitrogens with zero attached hydrogens (tertiary/aromatic N) is 3. The molecule has 0 fully saturated rings. The second kappa shape index (κ2) is 3.64. The van der Waals surface area contributed by atoms with E-state index in [-0.39, 0.29) is 5.89 Å². The Morgan fingerprint density at radius 3 is 2.69 bits per heavy atom. The molecule has 0 aromatic carbocycles. The third-order valence-corrected chi connectivity index (χ3v) is 1.95. The maximum absolute atomic E-state index is 12.9. The summed E-state index contributed by atoms with van der Waals surface area (Å²) in [7, 11) is 0. The van der Waals surface area contributed by atoms with E-state index in [0.29, 0.717) is 11.4 Å². The molecule has 0 unspecified atom stereocenters. The molecule has 0 bridgehead atoms. The van der Waals surface area contributed by atoms with E-state index in [4.69, 9.17) is 10.3 Å². The molecule has 0 amide bonds. The largest absolute Gasteiger partial charge is 0.334 e. The van der Waals surface area contributed by atoms with Crippen LogP contribution in [0, 0.1) is 5.82 Å². The summed E-state index contributed by atoms with van der Waals surface area (Å²) >= 11 is 0. The van der Waals surface area contributed by atoms with Crippen molar-refractivity contribution in [3.05, 3.63) is 30.1 Å². The lowest BCUT2D eigenvalue weighted by Crippen LogP contribution is -2.30. The highest BCUT2D eigenvalue weighted by Crippen LogP contribution is 2.20. The number of hydrogen-bond acceptors (Lipinski definition) is 5. The van der Waals surface area contributed by atoms with E-state index in [1.54, 1.807) is 13.8 Å². The van der Waals surface area contributed by atoms with Crippen molar-refractivity contribution in [2.45, 2.75) is 19.4 Å². The van der Waals surface area contributed by atoms with Gasteiger partial charge in [0.1, 0.15) is 5.82 Å². The molecule has 2 rings (SSSR count). The Labute approximate surface area is 91.5 Å². The number of nitrogens with two attached hydrogens (primary N) is 1. The van der Waals surface area contributed by atoms with E-state index < -0.39 is 11.4 Å². The van der Waals surface area contributed by atoms with E-state index in [0.717, 1.165) is 6.20 Å². The minimum atomic E-state index is -0.692. The maximum atomic E-state index is 12.9. The molecular formula is C10H11FN4O. The highest BCUT2D eigenvalue weighted by molar-refractivity contribution is 5.50. The molecular weight excluding hydrogens is 211 g/mol. The molecule has 0 atom stereocenters. The molecule has 84 valence electrons. The van der Waals surface area contributed by atoms with Gasteiger partial charge in [0.05, 0.1) is 17.3 Å². The topological polar surface area (TPSA) is 77.8 Å². The van der Waals surface area contributed by atoms with Crippen molar-refractivity contribution >= 4 is 0 Å². The van der Waals surface area contributed by atoms with Gasteiger partial charge >= 0.3 is 0 Å². The van der Waals surface area contributed by atoms with Gasteiger partial charge in [0.25, 0.3) is 5.89 Å². The third-order valence-electron chi connectivity index (χ3n) is 1.95. The van der Waals surface area contributed by atoms with Gasteiger partial charge in [-0.05, 0) is 19.9 Å². The minimum Gasteiger partial charge on any atom is -0.334 e. The van der Waals surface area contributed by atoms with Crippen LogP contribution in [0.2, 0.25) is 0 Å². The molecule has 0 aliphatic heterocycles. The van der Waals surface area contributed by atoms with Gasteiger partial charge < -0.3 is 10.3 Å². The van der Waals surface area contributed by atoms with E-state index in [1.165, 1.54) is 12.3 Å². The quantitative estimate of drug-likeness (QED) is 0.832. The summed E-state index contributed by atoms with van der Waals surface area (Å²) in [5.74, 6) is 0.122. The number of rotatable bonds is 2. The van der Waals surface area contributed by atoms with Crippen LogP contribution < -0.4 is 5.73 Å². The van der Waals surface area contributed by atoms with Crippen molar-refractivity contribution in [2.75, 3.05) is 0 Å². The van der Waals surface area contributed by atoms with Crippen molar-refractivity contribution < 1.29 is 8.91 Å². The molecule has 16 heavy (non-hydrogen) atoms. The summed E-state index contributed by atoms with van der Waals surface area (Å²) in [6.07, 6.45) is 2.55. The second-order valence-electron chi connectivity index (χ2n) is 4.04. The second-order valence-corrected chi connectivity index (χ2v) is 4.04. The summed E-state index contributed by atoms with van der Waals surface area (Å²) in [4.78, 5) is 7.78. The van der Waals surface area contributed by atoms with Crippen molar-refractivity contribution in [3.63, 3.8) is 0 Å². The highest BCUT2D eigenvalue weighted by Gasteiger charge is 2.22. The van der Waals surface area contributed by atoms with Crippen LogP contribution in [0.25, 0.3) is 11.5 Å². The summed E-state index contributed by atoms with van der Waals surface area (Å²) < 4.78 is 17.9. The normalized spacial score (nSPS) is 11.8. The van der Waals surface area contributed by atoms with Crippen molar-refractivity contribution in [3.8, 4) is 11.5 Å². The van der Waals surface area contributed by atoms with Gasteiger partial charge in [-0.15, -0.1) is 0 Å². The van der Waals surface area contributed by atoms with Crippen LogP contribution >= 0.6 is 0 Å². The van der Waals surface area contributed by atoms with Crippen LogP contribution in [-0.4, -0.2) is 15.1 Å². The monoisotopic (exact) mass is 222 g/mol. The zero-order valence-corrected chi connectivity index (χ0v) is 8.94. The summed E-state index contributed by atoms with van der Waals surface area (Å²) in [6, 6.07) is 1.27. The number of hydrogen-bond donors (Lipinski definition) is 1. The summed E-state index contributed by atoms with van der Waals surface area (Å²) in [5.41, 5.74) is 5.54. The molecule has 0 saturated carbocycles. The molecule has 2 aromatic heterocycles.